The summed E-state index contributed by atoms with van der Waals surface area (Å²) in [5.74, 6) is 1.00. The van der Waals surface area contributed by atoms with Gasteiger partial charge < -0.3 is 4.74 Å². The number of nitrogens with one attached hydrogen (secondary N) is 1. The summed E-state index contributed by atoms with van der Waals surface area (Å²) in [5.41, 5.74) is 2.03. The normalized spacial score (nSPS) is 10.1. The van der Waals surface area contributed by atoms with Gasteiger partial charge in [0, 0.05) is 12.4 Å². The lowest BCUT2D eigenvalue weighted by molar-refractivity contribution is 0.214. The Morgan fingerprint density at radius 3 is 2.45 bits per heavy atom. The van der Waals surface area contributed by atoms with Crippen molar-refractivity contribution < 1.29 is 9.53 Å². The van der Waals surface area contributed by atoms with Crippen LogP contribution >= 0.6 is 0 Å². The molecule has 0 aliphatic rings. The monoisotopic (exact) mass is 271 g/mol. The molecule has 20 heavy (non-hydrogen) atoms. The first-order chi connectivity index (χ1) is 9.74. The number of hydrogen-bond acceptors (Lipinski definition) is 4. The molecule has 2 aromatic rings. The molecule has 0 spiro atoms. The molecule has 1 aromatic carbocycles. The SMILES string of the molecule is CCc1cccc(CC)c1OC(=O)Nc1cnccn1. The van der Waals surface area contributed by atoms with Crippen LogP contribution in [0.1, 0.15) is 25.0 Å². The van der Waals surface area contributed by atoms with Gasteiger partial charge in [0.25, 0.3) is 0 Å². The van der Waals surface area contributed by atoms with E-state index in [2.05, 4.69) is 15.3 Å². The molecule has 0 aliphatic heterocycles. The van der Waals surface area contributed by atoms with Crippen molar-refractivity contribution in [2.75, 3.05) is 5.32 Å². The highest BCUT2D eigenvalue weighted by Gasteiger charge is 2.12. The lowest BCUT2D eigenvalue weighted by Crippen LogP contribution is -2.19. The van der Waals surface area contributed by atoms with Crippen molar-refractivity contribution in [3.63, 3.8) is 0 Å². The summed E-state index contributed by atoms with van der Waals surface area (Å²) in [6.45, 7) is 4.06. The number of amides is 1. The second-order valence-electron chi connectivity index (χ2n) is 4.22. The summed E-state index contributed by atoms with van der Waals surface area (Å²) in [5, 5.41) is 2.56. The Kier molecular flexibility index (Phi) is 4.65. The third-order valence-corrected chi connectivity index (χ3v) is 2.93. The number of rotatable bonds is 4. The van der Waals surface area contributed by atoms with Crippen LogP contribution in [-0.2, 0) is 12.8 Å². The first-order valence-electron chi connectivity index (χ1n) is 6.60. The van der Waals surface area contributed by atoms with Gasteiger partial charge in [-0.1, -0.05) is 32.0 Å². The van der Waals surface area contributed by atoms with Crippen molar-refractivity contribution in [2.24, 2.45) is 0 Å². The molecule has 0 aliphatic carbocycles. The summed E-state index contributed by atoms with van der Waals surface area (Å²) < 4.78 is 5.44. The van der Waals surface area contributed by atoms with Crippen LogP contribution in [0.3, 0.4) is 0 Å². The Hall–Kier alpha value is -2.43. The van der Waals surface area contributed by atoms with Gasteiger partial charge in [-0.2, -0.15) is 0 Å². The smallest absolute Gasteiger partial charge is 0.409 e. The maximum atomic E-state index is 11.9. The first kappa shape index (κ1) is 14.0. The molecular formula is C15H17N3O2. The lowest BCUT2D eigenvalue weighted by atomic mass is 10.1. The number of carbonyl (C=O) groups excluding carboxylic acids is 1. The van der Waals surface area contributed by atoms with Crippen LogP contribution in [0.25, 0.3) is 0 Å². The van der Waals surface area contributed by atoms with E-state index in [9.17, 15) is 4.79 Å². The Balaban J connectivity index is 2.15. The molecule has 1 N–H and O–H groups in total. The number of aromatic nitrogens is 2. The number of nitrogens with zero attached hydrogens (tertiary/aromatic N) is 2. The van der Waals surface area contributed by atoms with Gasteiger partial charge in [0.1, 0.15) is 5.75 Å². The highest BCUT2D eigenvalue weighted by molar-refractivity contribution is 5.85. The fraction of sp³-hybridized carbons (Fsp3) is 0.267. The highest BCUT2D eigenvalue weighted by atomic mass is 16.6. The fourth-order valence-electron chi connectivity index (χ4n) is 1.91. The van der Waals surface area contributed by atoms with Crippen molar-refractivity contribution in [2.45, 2.75) is 26.7 Å². The molecule has 0 bridgehead atoms. The number of benzene rings is 1. The third-order valence-electron chi connectivity index (χ3n) is 2.93. The Labute approximate surface area is 118 Å². The Morgan fingerprint density at radius 2 is 1.90 bits per heavy atom. The van der Waals surface area contributed by atoms with Gasteiger partial charge in [-0.05, 0) is 24.0 Å². The molecule has 1 amide bonds. The third kappa shape index (κ3) is 3.32. The zero-order chi connectivity index (χ0) is 14.4. The average molecular weight is 271 g/mol. The minimum Gasteiger partial charge on any atom is -0.409 e. The molecule has 5 nitrogen and oxygen atoms in total. The standard InChI is InChI=1S/C15H17N3O2/c1-3-11-6-5-7-12(4-2)14(11)20-15(19)18-13-10-16-8-9-17-13/h5-10H,3-4H2,1-2H3,(H,17,18,19). The molecule has 5 heteroatoms. The van der Waals surface area contributed by atoms with Crippen LogP contribution in [0.4, 0.5) is 10.6 Å². The van der Waals surface area contributed by atoms with Crippen molar-refractivity contribution in [1.29, 1.82) is 0 Å². The second-order valence-corrected chi connectivity index (χ2v) is 4.22. The van der Waals surface area contributed by atoms with E-state index in [4.69, 9.17) is 4.74 Å². The van der Waals surface area contributed by atoms with Crippen LogP contribution in [0.2, 0.25) is 0 Å². The number of para-hydroxylation sites is 1. The lowest BCUT2D eigenvalue weighted by Gasteiger charge is -2.13. The van der Waals surface area contributed by atoms with E-state index in [-0.39, 0.29) is 0 Å². The van der Waals surface area contributed by atoms with E-state index in [1.54, 1.807) is 0 Å². The summed E-state index contributed by atoms with van der Waals surface area (Å²) in [6.07, 6.45) is 5.57. The van der Waals surface area contributed by atoms with Gasteiger partial charge in [-0.3, -0.25) is 10.3 Å². The van der Waals surface area contributed by atoms with Gasteiger partial charge >= 0.3 is 6.09 Å². The number of aryl methyl sites for hydroxylation is 2. The molecule has 0 unspecified atom stereocenters. The van der Waals surface area contributed by atoms with E-state index in [1.165, 1.54) is 18.6 Å². The minimum absolute atomic E-state index is 0.365. The summed E-state index contributed by atoms with van der Waals surface area (Å²) >= 11 is 0. The van der Waals surface area contributed by atoms with Gasteiger partial charge in [-0.25, -0.2) is 9.78 Å². The van der Waals surface area contributed by atoms with E-state index >= 15 is 0 Å². The largest absolute Gasteiger partial charge is 0.418 e. The van der Waals surface area contributed by atoms with Crippen molar-refractivity contribution in [1.82, 2.24) is 9.97 Å². The maximum Gasteiger partial charge on any atom is 0.418 e. The van der Waals surface area contributed by atoms with Gasteiger partial charge in [0.2, 0.25) is 0 Å². The predicted molar refractivity (Wildman–Crippen MR) is 76.9 cm³/mol. The van der Waals surface area contributed by atoms with Gasteiger partial charge in [0.15, 0.2) is 5.82 Å². The maximum absolute atomic E-state index is 11.9. The molecule has 0 saturated heterocycles. The van der Waals surface area contributed by atoms with Crippen LogP contribution in [0.15, 0.2) is 36.8 Å². The zero-order valence-electron chi connectivity index (χ0n) is 11.6. The summed E-state index contributed by atoms with van der Waals surface area (Å²) in [4.78, 5) is 19.8. The number of ether oxygens (including phenoxy) is 1. The van der Waals surface area contributed by atoms with Crippen LogP contribution in [-0.4, -0.2) is 16.1 Å². The molecule has 2 rings (SSSR count). The average Bonchev–Trinajstić information content (AvgIpc) is 2.48. The second kappa shape index (κ2) is 6.65. The number of anilines is 1. The van der Waals surface area contributed by atoms with E-state index < -0.39 is 6.09 Å². The molecule has 0 saturated carbocycles. The van der Waals surface area contributed by atoms with Crippen LogP contribution < -0.4 is 10.1 Å². The topological polar surface area (TPSA) is 64.1 Å². The molecular weight excluding hydrogens is 254 g/mol. The van der Waals surface area contributed by atoms with E-state index in [0.717, 1.165) is 24.0 Å². The molecule has 1 aromatic heterocycles. The van der Waals surface area contributed by atoms with Crippen molar-refractivity contribution in [3.8, 4) is 5.75 Å². The van der Waals surface area contributed by atoms with Gasteiger partial charge in [-0.15, -0.1) is 0 Å². The fourth-order valence-corrected chi connectivity index (χ4v) is 1.91. The first-order valence-corrected chi connectivity index (χ1v) is 6.60. The van der Waals surface area contributed by atoms with Crippen LogP contribution in [0, 0.1) is 0 Å². The summed E-state index contributed by atoms with van der Waals surface area (Å²) in [7, 11) is 0. The number of hydrogen-bond donors (Lipinski definition) is 1. The molecule has 0 atom stereocenters. The molecule has 0 fully saturated rings. The van der Waals surface area contributed by atoms with Crippen molar-refractivity contribution >= 4 is 11.9 Å². The van der Waals surface area contributed by atoms with Crippen molar-refractivity contribution in [3.05, 3.63) is 47.9 Å². The zero-order valence-corrected chi connectivity index (χ0v) is 11.6. The van der Waals surface area contributed by atoms with Gasteiger partial charge in [0.05, 0.1) is 6.20 Å². The number of carbonyl (C=O) groups is 1. The molecule has 0 radical (unpaired) electrons. The molecule has 1 heterocycles. The highest BCUT2D eigenvalue weighted by Crippen LogP contribution is 2.25. The minimum atomic E-state index is -0.555. The van der Waals surface area contributed by atoms with Crippen LogP contribution in [0.5, 0.6) is 5.75 Å². The van der Waals surface area contributed by atoms with E-state index in [1.807, 2.05) is 32.0 Å². The molecule has 104 valence electrons. The Bertz CT molecular complexity index is 563. The quantitative estimate of drug-likeness (QED) is 0.927. The Morgan fingerprint density at radius 1 is 1.20 bits per heavy atom. The summed E-state index contributed by atoms with van der Waals surface area (Å²) in [6, 6.07) is 5.90. The van der Waals surface area contributed by atoms with E-state index in [0.29, 0.717) is 11.6 Å². The predicted octanol–water partition coefficient (Wildman–Crippen LogP) is 3.21.